The molecular formula is C15H16N2O2. The van der Waals surface area contributed by atoms with Gasteiger partial charge in [0.1, 0.15) is 0 Å². The molecule has 1 aromatic carbocycles. The zero-order valence-electron chi connectivity index (χ0n) is 11.3. The second kappa shape index (κ2) is 5.18. The van der Waals surface area contributed by atoms with E-state index in [1.54, 1.807) is 6.20 Å². The summed E-state index contributed by atoms with van der Waals surface area (Å²) in [6, 6.07) is 4.13. The Hall–Kier alpha value is -2.23. The largest absolute Gasteiger partial charge is 0.481 e. The molecule has 1 heterocycles. The normalized spacial score (nSPS) is 10.5. The molecule has 0 aliphatic carbocycles. The van der Waals surface area contributed by atoms with Crippen molar-refractivity contribution in [2.45, 2.75) is 27.2 Å². The van der Waals surface area contributed by atoms with Gasteiger partial charge in [-0.2, -0.15) is 0 Å². The van der Waals surface area contributed by atoms with Crippen molar-refractivity contribution in [1.29, 1.82) is 0 Å². The van der Waals surface area contributed by atoms with Crippen LogP contribution in [0.15, 0.2) is 24.5 Å². The summed E-state index contributed by atoms with van der Waals surface area (Å²) >= 11 is 0. The van der Waals surface area contributed by atoms with Gasteiger partial charge in [0.2, 0.25) is 0 Å². The lowest BCUT2D eigenvalue weighted by Crippen LogP contribution is -2.06. The van der Waals surface area contributed by atoms with Crippen molar-refractivity contribution in [3.63, 3.8) is 0 Å². The Bertz CT molecular complexity index is 636. The fourth-order valence-electron chi connectivity index (χ4n) is 2.08. The zero-order chi connectivity index (χ0) is 14.0. The standard InChI is InChI=1S/C15H16N2O2/c1-9-6-11(3)12(7-10(9)2)15-13(8-14(18)19)16-4-5-17-15/h4-7H,8H2,1-3H3,(H,18,19). The molecule has 0 aliphatic rings. The number of carboxylic acid groups (broad SMARTS) is 1. The molecule has 19 heavy (non-hydrogen) atoms. The molecule has 4 heteroatoms. The van der Waals surface area contributed by atoms with Gasteiger partial charge in [0.25, 0.3) is 0 Å². The number of benzene rings is 1. The van der Waals surface area contributed by atoms with Gasteiger partial charge in [0.05, 0.1) is 17.8 Å². The van der Waals surface area contributed by atoms with Crippen molar-refractivity contribution in [3.05, 3.63) is 46.9 Å². The molecule has 0 saturated heterocycles. The highest BCUT2D eigenvalue weighted by Gasteiger charge is 2.13. The van der Waals surface area contributed by atoms with Gasteiger partial charge >= 0.3 is 5.97 Å². The van der Waals surface area contributed by atoms with Crippen LogP contribution in [0.25, 0.3) is 11.3 Å². The Morgan fingerprint density at radius 2 is 1.68 bits per heavy atom. The van der Waals surface area contributed by atoms with E-state index in [0.29, 0.717) is 11.4 Å². The van der Waals surface area contributed by atoms with Crippen LogP contribution in [0, 0.1) is 20.8 Å². The molecule has 0 atom stereocenters. The molecule has 0 spiro atoms. The van der Waals surface area contributed by atoms with Crippen LogP contribution in [-0.4, -0.2) is 21.0 Å². The smallest absolute Gasteiger partial charge is 0.309 e. The van der Waals surface area contributed by atoms with Crippen LogP contribution in [0.3, 0.4) is 0 Å². The number of nitrogens with zero attached hydrogens (tertiary/aromatic N) is 2. The van der Waals surface area contributed by atoms with Gasteiger partial charge in [0, 0.05) is 18.0 Å². The second-order valence-corrected chi connectivity index (χ2v) is 4.67. The summed E-state index contributed by atoms with van der Waals surface area (Å²) in [5.41, 5.74) is 5.56. The molecule has 98 valence electrons. The number of aromatic nitrogens is 2. The average Bonchev–Trinajstić information content (AvgIpc) is 2.34. The monoisotopic (exact) mass is 256 g/mol. The molecule has 0 unspecified atom stereocenters. The highest BCUT2D eigenvalue weighted by atomic mass is 16.4. The van der Waals surface area contributed by atoms with Crippen LogP contribution in [0.5, 0.6) is 0 Å². The van der Waals surface area contributed by atoms with Gasteiger partial charge in [-0.3, -0.25) is 14.8 Å². The number of carbonyl (C=O) groups is 1. The van der Waals surface area contributed by atoms with Crippen molar-refractivity contribution in [2.75, 3.05) is 0 Å². The van der Waals surface area contributed by atoms with E-state index < -0.39 is 5.97 Å². The summed E-state index contributed by atoms with van der Waals surface area (Å²) in [6.45, 7) is 6.09. The number of hydrogen-bond donors (Lipinski definition) is 1. The van der Waals surface area contributed by atoms with Crippen LogP contribution >= 0.6 is 0 Å². The predicted molar refractivity (Wildman–Crippen MR) is 73.0 cm³/mol. The molecule has 1 N–H and O–H groups in total. The molecule has 2 rings (SSSR count). The van der Waals surface area contributed by atoms with E-state index in [2.05, 4.69) is 23.0 Å². The Morgan fingerprint density at radius 3 is 2.37 bits per heavy atom. The number of aryl methyl sites for hydroxylation is 3. The third-order valence-electron chi connectivity index (χ3n) is 3.19. The molecule has 2 aromatic rings. The van der Waals surface area contributed by atoms with Gasteiger partial charge in [-0.1, -0.05) is 6.07 Å². The number of aliphatic carboxylic acids is 1. The van der Waals surface area contributed by atoms with E-state index in [4.69, 9.17) is 5.11 Å². The first-order valence-electron chi connectivity index (χ1n) is 6.09. The zero-order valence-corrected chi connectivity index (χ0v) is 11.3. The van der Waals surface area contributed by atoms with E-state index in [-0.39, 0.29) is 6.42 Å². The molecule has 1 aromatic heterocycles. The minimum absolute atomic E-state index is 0.116. The molecule has 0 bridgehead atoms. The van der Waals surface area contributed by atoms with E-state index in [1.165, 1.54) is 11.8 Å². The lowest BCUT2D eigenvalue weighted by molar-refractivity contribution is -0.136. The van der Waals surface area contributed by atoms with Crippen molar-refractivity contribution in [3.8, 4) is 11.3 Å². The first-order valence-corrected chi connectivity index (χ1v) is 6.09. The highest BCUT2D eigenvalue weighted by molar-refractivity contribution is 5.75. The maximum absolute atomic E-state index is 10.9. The van der Waals surface area contributed by atoms with E-state index in [1.807, 2.05) is 19.9 Å². The topological polar surface area (TPSA) is 63.1 Å². The van der Waals surface area contributed by atoms with Crippen LogP contribution in [0.1, 0.15) is 22.4 Å². The molecule has 0 aliphatic heterocycles. The lowest BCUT2D eigenvalue weighted by Gasteiger charge is -2.11. The maximum atomic E-state index is 10.9. The van der Waals surface area contributed by atoms with Gasteiger partial charge in [-0.15, -0.1) is 0 Å². The summed E-state index contributed by atoms with van der Waals surface area (Å²) in [5.74, 6) is -0.900. The summed E-state index contributed by atoms with van der Waals surface area (Å²) in [6.07, 6.45) is 3.00. The Balaban J connectivity index is 2.59. The number of carboxylic acids is 1. The highest BCUT2D eigenvalue weighted by Crippen LogP contribution is 2.26. The quantitative estimate of drug-likeness (QED) is 0.917. The third kappa shape index (κ3) is 2.78. The lowest BCUT2D eigenvalue weighted by atomic mass is 9.97. The van der Waals surface area contributed by atoms with Crippen LogP contribution in [0.2, 0.25) is 0 Å². The summed E-state index contributed by atoms with van der Waals surface area (Å²) in [5, 5.41) is 8.94. The minimum Gasteiger partial charge on any atom is -0.481 e. The summed E-state index contributed by atoms with van der Waals surface area (Å²) < 4.78 is 0. The fraction of sp³-hybridized carbons (Fsp3) is 0.267. The fourth-order valence-corrected chi connectivity index (χ4v) is 2.08. The summed E-state index contributed by atoms with van der Waals surface area (Å²) in [7, 11) is 0. The first kappa shape index (κ1) is 13.2. The number of hydrogen-bond acceptors (Lipinski definition) is 3. The maximum Gasteiger partial charge on any atom is 0.309 e. The molecular weight excluding hydrogens is 240 g/mol. The van der Waals surface area contributed by atoms with E-state index in [9.17, 15) is 4.79 Å². The van der Waals surface area contributed by atoms with Crippen LogP contribution < -0.4 is 0 Å². The van der Waals surface area contributed by atoms with E-state index >= 15 is 0 Å². The van der Waals surface area contributed by atoms with Crippen LogP contribution in [-0.2, 0) is 11.2 Å². The molecule has 0 amide bonds. The van der Waals surface area contributed by atoms with Crippen LogP contribution in [0.4, 0.5) is 0 Å². The van der Waals surface area contributed by atoms with Crippen molar-refractivity contribution < 1.29 is 9.90 Å². The Labute approximate surface area is 112 Å². The molecule has 4 nitrogen and oxygen atoms in total. The van der Waals surface area contributed by atoms with Gasteiger partial charge in [-0.05, 0) is 43.5 Å². The van der Waals surface area contributed by atoms with Gasteiger partial charge in [0.15, 0.2) is 0 Å². The minimum atomic E-state index is -0.900. The van der Waals surface area contributed by atoms with Gasteiger partial charge in [-0.25, -0.2) is 0 Å². The molecule has 0 fully saturated rings. The SMILES string of the molecule is Cc1cc(C)c(-c2nccnc2CC(=O)O)cc1C. The Morgan fingerprint density at radius 1 is 1.05 bits per heavy atom. The van der Waals surface area contributed by atoms with Crippen molar-refractivity contribution in [2.24, 2.45) is 0 Å². The molecule has 0 saturated carbocycles. The Kier molecular flexibility index (Phi) is 3.60. The van der Waals surface area contributed by atoms with Crippen molar-refractivity contribution in [1.82, 2.24) is 9.97 Å². The third-order valence-corrected chi connectivity index (χ3v) is 3.19. The number of rotatable bonds is 3. The first-order chi connectivity index (χ1) is 8.99. The molecule has 0 radical (unpaired) electrons. The summed E-state index contributed by atoms with van der Waals surface area (Å²) in [4.78, 5) is 19.3. The predicted octanol–water partition coefficient (Wildman–Crippen LogP) is 2.70. The van der Waals surface area contributed by atoms with Gasteiger partial charge < -0.3 is 5.11 Å². The van der Waals surface area contributed by atoms with E-state index in [0.717, 1.165) is 16.7 Å². The second-order valence-electron chi connectivity index (χ2n) is 4.67. The van der Waals surface area contributed by atoms with Crippen molar-refractivity contribution >= 4 is 5.97 Å². The average molecular weight is 256 g/mol.